The molecule has 1 aliphatic heterocycles. The Morgan fingerprint density at radius 2 is 2.00 bits per heavy atom. The van der Waals surface area contributed by atoms with Crippen molar-refractivity contribution in [2.45, 2.75) is 32.5 Å². The molecule has 6 nitrogen and oxygen atoms in total. The van der Waals surface area contributed by atoms with Crippen LogP contribution in [0.3, 0.4) is 0 Å². The van der Waals surface area contributed by atoms with Crippen LogP contribution in [0.1, 0.15) is 36.1 Å². The van der Waals surface area contributed by atoms with Crippen molar-refractivity contribution in [2.24, 2.45) is 0 Å². The van der Waals surface area contributed by atoms with Gasteiger partial charge in [-0.25, -0.2) is 0 Å². The van der Waals surface area contributed by atoms with Crippen molar-refractivity contribution in [3.63, 3.8) is 0 Å². The second-order valence-electron chi connectivity index (χ2n) is 6.48. The minimum atomic E-state index is -1.01. The fourth-order valence-electron chi connectivity index (χ4n) is 3.16. The van der Waals surface area contributed by atoms with Gasteiger partial charge in [0, 0.05) is 21.8 Å². The number of esters is 1. The third-order valence-corrected chi connectivity index (χ3v) is 4.71. The molecule has 0 aromatic heterocycles. The Balaban J connectivity index is 2.07. The summed E-state index contributed by atoms with van der Waals surface area (Å²) in [5, 5.41) is 3.34. The van der Waals surface area contributed by atoms with E-state index in [2.05, 4.69) is 5.32 Å². The molecule has 0 aliphatic carbocycles. The SMILES string of the molecule is CCOC(=O)CC1OC(c2ccc(C)cc2OC)c2cc(Cl)ccc2NC1=O. The van der Waals surface area contributed by atoms with E-state index in [1.165, 1.54) is 0 Å². The molecule has 0 bridgehead atoms. The normalized spacial score (nSPS) is 18.6. The number of anilines is 1. The van der Waals surface area contributed by atoms with Crippen molar-refractivity contribution >= 4 is 29.2 Å². The molecule has 28 heavy (non-hydrogen) atoms. The summed E-state index contributed by atoms with van der Waals surface area (Å²) < 4.78 is 16.7. The largest absolute Gasteiger partial charge is 0.496 e. The third-order valence-electron chi connectivity index (χ3n) is 4.48. The summed E-state index contributed by atoms with van der Waals surface area (Å²) in [7, 11) is 1.58. The molecule has 0 saturated heterocycles. The Bertz CT molecular complexity index is 898. The maximum absolute atomic E-state index is 12.7. The number of carbonyl (C=O) groups excluding carboxylic acids is 2. The summed E-state index contributed by atoms with van der Waals surface area (Å²) in [6.45, 7) is 3.90. The second kappa shape index (κ2) is 8.63. The summed E-state index contributed by atoms with van der Waals surface area (Å²) in [6, 6.07) is 10.9. The van der Waals surface area contributed by atoms with Crippen molar-refractivity contribution in [1.82, 2.24) is 0 Å². The quantitative estimate of drug-likeness (QED) is 0.763. The van der Waals surface area contributed by atoms with E-state index in [0.29, 0.717) is 22.0 Å². The number of ether oxygens (including phenoxy) is 3. The number of halogens is 1. The van der Waals surface area contributed by atoms with Gasteiger partial charge in [0.25, 0.3) is 5.91 Å². The predicted molar refractivity (Wildman–Crippen MR) is 106 cm³/mol. The highest BCUT2D eigenvalue weighted by molar-refractivity contribution is 6.30. The van der Waals surface area contributed by atoms with Gasteiger partial charge in [0.2, 0.25) is 0 Å². The minimum absolute atomic E-state index is 0.188. The number of hydrogen-bond donors (Lipinski definition) is 1. The number of fused-ring (bicyclic) bond motifs is 1. The number of nitrogens with one attached hydrogen (secondary N) is 1. The van der Waals surface area contributed by atoms with Crippen molar-refractivity contribution in [3.05, 3.63) is 58.1 Å². The first-order valence-electron chi connectivity index (χ1n) is 8.98. The number of methoxy groups -OCH3 is 1. The van der Waals surface area contributed by atoms with E-state index in [1.54, 1.807) is 32.2 Å². The zero-order valence-corrected chi connectivity index (χ0v) is 16.7. The molecule has 2 aromatic carbocycles. The fraction of sp³-hybridized carbons (Fsp3) is 0.333. The van der Waals surface area contributed by atoms with Crippen LogP contribution in [0.15, 0.2) is 36.4 Å². The molecular weight excluding hydrogens is 382 g/mol. The maximum Gasteiger partial charge on any atom is 0.308 e. The van der Waals surface area contributed by atoms with Crippen LogP contribution >= 0.6 is 11.6 Å². The van der Waals surface area contributed by atoms with E-state index in [0.717, 1.165) is 11.1 Å². The average Bonchev–Trinajstić information content (AvgIpc) is 2.79. The molecule has 2 atom stereocenters. The van der Waals surface area contributed by atoms with Gasteiger partial charge in [-0.1, -0.05) is 23.7 Å². The van der Waals surface area contributed by atoms with Crippen molar-refractivity contribution in [2.75, 3.05) is 19.0 Å². The average molecular weight is 404 g/mol. The Morgan fingerprint density at radius 1 is 1.21 bits per heavy atom. The second-order valence-corrected chi connectivity index (χ2v) is 6.92. The van der Waals surface area contributed by atoms with Gasteiger partial charge in [0.15, 0.2) is 0 Å². The Kier molecular flexibility index (Phi) is 6.21. The van der Waals surface area contributed by atoms with Crippen LogP contribution in [0.5, 0.6) is 5.75 Å². The summed E-state index contributed by atoms with van der Waals surface area (Å²) in [5.41, 5.74) is 3.03. The Labute approximate surface area is 168 Å². The lowest BCUT2D eigenvalue weighted by molar-refractivity contribution is -0.150. The molecule has 2 unspecified atom stereocenters. The first kappa shape index (κ1) is 20.2. The molecule has 148 valence electrons. The summed E-state index contributed by atoms with van der Waals surface area (Å²) in [5.74, 6) is -0.286. The topological polar surface area (TPSA) is 73.9 Å². The molecule has 0 saturated carbocycles. The van der Waals surface area contributed by atoms with Crippen molar-refractivity contribution in [3.8, 4) is 5.75 Å². The lowest BCUT2D eigenvalue weighted by Gasteiger charge is -2.23. The van der Waals surface area contributed by atoms with Gasteiger partial charge in [0.1, 0.15) is 18.0 Å². The maximum atomic E-state index is 12.7. The Morgan fingerprint density at radius 3 is 2.71 bits per heavy atom. The van der Waals surface area contributed by atoms with Crippen LogP contribution in [0.2, 0.25) is 5.02 Å². The van der Waals surface area contributed by atoms with Crippen LogP contribution in [-0.2, 0) is 19.1 Å². The van der Waals surface area contributed by atoms with E-state index in [-0.39, 0.29) is 13.0 Å². The molecule has 1 heterocycles. The van der Waals surface area contributed by atoms with E-state index in [9.17, 15) is 9.59 Å². The highest BCUT2D eigenvalue weighted by Crippen LogP contribution is 2.41. The zero-order chi connectivity index (χ0) is 20.3. The van der Waals surface area contributed by atoms with E-state index in [1.807, 2.05) is 25.1 Å². The van der Waals surface area contributed by atoms with Gasteiger partial charge in [-0.05, 0) is 43.7 Å². The van der Waals surface area contributed by atoms with Crippen molar-refractivity contribution in [1.29, 1.82) is 0 Å². The standard InChI is InChI=1S/C21H22ClNO5/c1-4-27-19(24)11-18-21(25)23-16-8-6-13(22)10-15(16)20(28-18)14-7-5-12(2)9-17(14)26-3/h5-10,18,20H,4,11H2,1-3H3,(H,23,25). The van der Waals surface area contributed by atoms with Crippen LogP contribution in [-0.4, -0.2) is 31.7 Å². The molecular formula is C21H22ClNO5. The van der Waals surface area contributed by atoms with Crippen LogP contribution in [0.4, 0.5) is 5.69 Å². The lowest BCUT2D eigenvalue weighted by atomic mass is 9.97. The van der Waals surface area contributed by atoms with Crippen LogP contribution in [0, 0.1) is 6.92 Å². The van der Waals surface area contributed by atoms with Gasteiger partial charge in [-0.3, -0.25) is 9.59 Å². The summed E-state index contributed by atoms with van der Waals surface area (Å²) >= 11 is 6.21. The molecule has 0 spiro atoms. The van der Waals surface area contributed by atoms with Gasteiger partial charge in [-0.15, -0.1) is 0 Å². The third kappa shape index (κ3) is 4.29. The number of rotatable bonds is 5. The van der Waals surface area contributed by atoms with E-state index in [4.69, 9.17) is 25.8 Å². The first-order valence-corrected chi connectivity index (χ1v) is 9.36. The number of hydrogen-bond acceptors (Lipinski definition) is 5. The van der Waals surface area contributed by atoms with Gasteiger partial charge < -0.3 is 19.5 Å². The van der Waals surface area contributed by atoms with E-state index >= 15 is 0 Å². The zero-order valence-electron chi connectivity index (χ0n) is 16.0. The van der Waals surface area contributed by atoms with Crippen LogP contribution in [0.25, 0.3) is 0 Å². The minimum Gasteiger partial charge on any atom is -0.496 e. The highest BCUT2D eigenvalue weighted by atomic mass is 35.5. The van der Waals surface area contributed by atoms with E-state index < -0.39 is 24.1 Å². The molecule has 0 radical (unpaired) electrons. The molecule has 1 N–H and O–H groups in total. The lowest BCUT2D eigenvalue weighted by Crippen LogP contribution is -2.32. The molecule has 1 aliphatic rings. The predicted octanol–water partition coefficient (Wildman–Crippen LogP) is 4.04. The molecule has 1 amide bonds. The number of amides is 1. The first-order chi connectivity index (χ1) is 13.4. The number of aryl methyl sites for hydroxylation is 1. The molecule has 2 aromatic rings. The molecule has 0 fully saturated rings. The smallest absolute Gasteiger partial charge is 0.308 e. The monoisotopic (exact) mass is 403 g/mol. The van der Waals surface area contributed by atoms with Gasteiger partial charge in [0.05, 0.1) is 20.1 Å². The summed E-state index contributed by atoms with van der Waals surface area (Å²) in [6.07, 6.45) is -1.85. The molecule has 3 rings (SSSR count). The summed E-state index contributed by atoms with van der Waals surface area (Å²) in [4.78, 5) is 24.7. The van der Waals surface area contributed by atoms with Crippen LogP contribution < -0.4 is 10.1 Å². The van der Waals surface area contributed by atoms with Crippen molar-refractivity contribution < 1.29 is 23.8 Å². The highest BCUT2D eigenvalue weighted by Gasteiger charge is 2.34. The fourth-order valence-corrected chi connectivity index (χ4v) is 3.35. The van der Waals surface area contributed by atoms with Gasteiger partial charge >= 0.3 is 5.97 Å². The number of benzene rings is 2. The molecule has 7 heteroatoms. The van der Waals surface area contributed by atoms with Gasteiger partial charge in [-0.2, -0.15) is 0 Å². The number of carbonyl (C=O) groups is 2. The Hall–Kier alpha value is -2.57.